The molecular formula is C22H29N7O6S. The van der Waals surface area contributed by atoms with Gasteiger partial charge < -0.3 is 37.5 Å². The number of carbonyl (C=O) groups excluding carboxylic acids is 4. The summed E-state index contributed by atoms with van der Waals surface area (Å²) in [5, 5.41) is 16.6. The Morgan fingerprint density at radius 1 is 0.944 bits per heavy atom. The number of benzene rings is 1. The van der Waals surface area contributed by atoms with Crippen molar-refractivity contribution in [1.29, 1.82) is 0 Å². The molecule has 1 aromatic carbocycles. The molecule has 14 heteroatoms. The van der Waals surface area contributed by atoms with Gasteiger partial charge in [0.2, 0.25) is 23.6 Å². The molecule has 0 saturated heterocycles. The van der Waals surface area contributed by atoms with E-state index in [1.54, 1.807) is 30.3 Å². The van der Waals surface area contributed by atoms with Gasteiger partial charge in [0.05, 0.1) is 18.8 Å². The predicted molar refractivity (Wildman–Crippen MR) is 132 cm³/mol. The number of H-pyrrole nitrogens is 1. The third-order valence-electron chi connectivity index (χ3n) is 5.08. The Morgan fingerprint density at radius 3 is 2.11 bits per heavy atom. The number of nitrogens with zero attached hydrogens (tertiary/aromatic N) is 1. The van der Waals surface area contributed by atoms with Crippen molar-refractivity contribution in [3.8, 4) is 0 Å². The molecule has 0 fully saturated rings. The molecule has 0 spiro atoms. The number of hydrogen-bond acceptors (Lipinski definition) is 8. The minimum absolute atomic E-state index is 0.0251. The Bertz CT molecular complexity index is 1050. The van der Waals surface area contributed by atoms with Crippen molar-refractivity contribution in [1.82, 2.24) is 25.9 Å². The number of amides is 4. The highest BCUT2D eigenvalue weighted by atomic mass is 32.1. The van der Waals surface area contributed by atoms with E-state index >= 15 is 0 Å². The maximum Gasteiger partial charge on any atom is 0.326 e. The third-order valence-corrected chi connectivity index (χ3v) is 5.45. The second-order valence-electron chi connectivity index (χ2n) is 7.95. The Kier molecular flexibility index (Phi) is 10.9. The lowest BCUT2D eigenvalue weighted by Gasteiger charge is -2.24. The number of carbonyl (C=O) groups is 5. The van der Waals surface area contributed by atoms with Gasteiger partial charge in [-0.15, -0.1) is 0 Å². The Labute approximate surface area is 212 Å². The summed E-state index contributed by atoms with van der Waals surface area (Å²) < 4.78 is 0. The lowest BCUT2D eigenvalue weighted by atomic mass is 10.0. The fourth-order valence-corrected chi connectivity index (χ4v) is 3.46. The van der Waals surface area contributed by atoms with Crippen LogP contribution in [0.25, 0.3) is 0 Å². The van der Waals surface area contributed by atoms with E-state index in [0.29, 0.717) is 11.3 Å². The molecule has 0 aliphatic heterocycles. The molecule has 0 bridgehead atoms. The Balaban J connectivity index is 2.04. The number of aromatic nitrogens is 2. The second-order valence-corrected chi connectivity index (χ2v) is 8.32. The molecule has 0 saturated carbocycles. The van der Waals surface area contributed by atoms with Crippen LogP contribution in [0.4, 0.5) is 0 Å². The summed E-state index contributed by atoms with van der Waals surface area (Å²) in [6.45, 7) is 0. The van der Waals surface area contributed by atoms with Gasteiger partial charge in [-0.05, 0) is 5.56 Å². The lowest BCUT2D eigenvalue weighted by molar-refractivity contribution is -0.142. The molecule has 2 aromatic rings. The highest BCUT2D eigenvalue weighted by molar-refractivity contribution is 7.80. The van der Waals surface area contributed by atoms with Crippen molar-refractivity contribution in [3.05, 3.63) is 54.1 Å². The third kappa shape index (κ3) is 9.03. The molecule has 0 aliphatic carbocycles. The molecule has 4 amide bonds. The fraction of sp³-hybridized carbons (Fsp3) is 0.364. The fourth-order valence-electron chi connectivity index (χ4n) is 3.20. The molecule has 9 N–H and O–H groups in total. The van der Waals surface area contributed by atoms with E-state index in [2.05, 4.69) is 38.5 Å². The summed E-state index contributed by atoms with van der Waals surface area (Å²) in [6.07, 6.45) is 2.45. The van der Waals surface area contributed by atoms with E-state index in [4.69, 9.17) is 11.5 Å². The number of carboxylic acids is 1. The van der Waals surface area contributed by atoms with Gasteiger partial charge in [0.1, 0.15) is 18.1 Å². The Hall–Kier alpha value is -3.91. The number of carboxylic acid groups (broad SMARTS) is 1. The van der Waals surface area contributed by atoms with Crippen LogP contribution in [-0.4, -0.2) is 74.6 Å². The van der Waals surface area contributed by atoms with Crippen molar-refractivity contribution < 1.29 is 29.1 Å². The maximum atomic E-state index is 12.8. The molecule has 13 nitrogen and oxygen atoms in total. The molecule has 4 unspecified atom stereocenters. The first-order chi connectivity index (χ1) is 17.1. The van der Waals surface area contributed by atoms with Gasteiger partial charge in [0, 0.05) is 30.5 Å². The van der Waals surface area contributed by atoms with Gasteiger partial charge in [-0.25, -0.2) is 9.78 Å². The SMILES string of the molecule is NC(=O)CC(NC(=O)C(CS)NC(=O)C(N)Cc1cnc[nH]1)C(=O)NC(Cc1ccccc1)C(=O)O. The highest BCUT2D eigenvalue weighted by Gasteiger charge is 2.31. The summed E-state index contributed by atoms with van der Waals surface area (Å²) in [7, 11) is 0. The standard InChI is InChI=1S/C22H29N7O6S/c23-14(7-13-9-25-11-26-13)19(31)29-17(10-36)21(33)27-15(8-18(24)30)20(32)28-16(22(34)35)6-12-4-2-1-3-5-12/h1-5,9,11,14-17,36H,6-8,10,23H2,(H2,24,30)(H,25,26)(H,27,33)(H,28,32)(H,29,31)(H,34,35). The number of primary amides is 1. The van der Waals surface area contributed by atoms with Crippen LogP contribution < -0.4 is 27.4 Å². The monoisotopic (exact) mass is 519 g/mol. The minimum Gasteiger partial charge on any atom is -0.480 e. The molecule has 0 aliphatic rings. The van der Waals surface area contributed by atoms with Crippen molar-refractivity contribution in [2.24, 2.45) is 11.5 Å². The molecule has 1 aromatic heterocycles. The topological polar surface area (TPSA) is 222 Å². The summed E-state index contributed by atoms with van der Waals surface area (Å²) >= 11 is 4.07. The summed E-state index contributed by atoms with van der Waals surface area (Å²) in [4.78, 5) is 67.9. The predicted octanol–water partition coefficient (Wildman–Crippen LogP) is -2.13. The van der Waals surface area contributed by atoms with Gasteiger partial charge in [-0.2, -0.15) is 12.6 Å². The van der Waals surface area contributed by atoms with Crippen LogP contribution in [0.15, 0.2) is 42.9 Å². The van der Waals surface area contributed by atoms with Crippen molar-refractivity contribution in [2.45, 2.75) is 43.4 Å². The molecule has 194 valence electrons. The molecular weight excluding hydrogens is 490 g/mol. The van der Waals surface area contributed by atoms with Crippen LogP contribution >= 0.6 is 12.6 Å². The molecule has 0 radical (unpaired) electrons. The number of aliphatic carboxylic acids is 1. The van der Waals surface area contributed by atoms with E-state index in [1.165, 1.54) is 12.5 Å². The average molecular weight is 520 g/mol. The summed E-state index contributed by atoms with van der Waals surface area (Å²) in [5.41, 5.74) is 12.4. The van der Waals surface area contributed by atoms with E-state index in [-0.39, 0.29) is 18.6 Å². The summed E-state index contributed by atoms with van der Waals surface area (Å²) in [5.74, 6) is -4.76. The van der Waals surface area contributed by atoms with Gasteiger partial charge >= 0.3 is 5.97 Å². The number of nitrogens with one attached hydrogen (secondary N) is 4. The maximum absolute atomic E-state index is 12.8. The molecule has 4 atom stereocenters. The van der Waals surface area contributed by atoms with E-state index in [9.17, 15) is 29.1 Å². The van der Waals surface area contributed by atoms with Crippen LogP contribution in [0.3, 0.4) is 0 Å². The normalized spacial score (nSPS) is 14.1. The number of hydrogen-bond donors (Lipinski definition) is 8. The quantitative estimate of drug-likeness (QED) is 0.128. The lowest BCUT2D eigenvalue weighted by Crippen LogP contribution is -2.58. The van der Waals surface area contributed by atoms with E-state index in [0.717, 1.165) is 0 Å². The first-order valence-electron chi connectivity index (χ1n) is 10.9. The van der Waals surface area contributed by atoms with Crippen molar-refractivity contribution in [3.63, 3.8) is 0 Å². The zero-order valence-electron chi connectivity index (χ0n) is 19.2. The first-order valence-corrected chi connectivity index (χ1v) is 11.5. The van der Waals surface area contributed by atoms with Crippen molar-refractivity contribution >= 4 is 42.2 Å². The van der Waals surface area contributed by atoms with E-state index < -0.39 is 60.2 Å². The van der Waals surface area contributed by atoms with Gasteiger partial charge in [-0.1, -0.05) is 30.3 Å². The van der Waals surface area contributed by atoms with Crippen LogP contribution in [-0.2, 0) is 36.8 Å². The number of thiol groups is 1. The van der Waals surface area contributed by atoms with Gasteiger partial charge in [0.25, 0.3) is 0 Å². The Morgan fingerprint density at radius 2 is 1.56 bits per heavy atom. The van der Waals surface area contributed by atoms with Crippen LogP contribution in [0.2, 0.25) is 0 Å². The average Bonchev–Trinajstić information content (AvgIpc) is 3.34. The number of nitrogens with two attached hydrogens (primary N) is 2. The smallest absolute Gasteiger partial charge is 0.326 e. The highest BCUT2D eigenvalue weighted by Crippen LogP contribution is 2.05. The first kappa shape index (κ1) is 28.3. The molecule has 1 heterocycles. The minimum atomic E-state index is -1.48. The largest absolute Gasteiger partial charge is 0.480 e. The number of aromatic amines is 1. The molecule has 36 heavy (non-hydrogen) atoms. The second kappa shape index (κ2) is 13.8. The molecule has 2 rings (SSSR count). The van der Waals surface area contributed by atoms with Gasteiger partial charge in [0.15, 0.2) is 0 Å². The number of imidazole rings is 1. The van der Waals surface area contributed by atoms with E-state index in [1.807, 2.05) is 0 Å². The zero-order valence-corrected chi connectivity index (χ0v) is 20.1. The zero-order chi connectivity index (χ0) is 26.7. The summed E-state index contributed by atoms with van der Waals surface area (Å²) in [6, 6.07) is 3.59. The number of rotatable bonds is 14. The van der Waals surface area contributed by atoms with Crippen LogP contribution in [0.5, 0.6) is 0 Å². The van der Waals surface area contributed by atoms with Gasteiger partial charge in [-0.3, -0.25) is 19.2 Å². The van der Waals surface area contributed by atoms with Crippen LogP contribution in [0.1, 0.15) is 17.7 Å². The van der Waals surface area contributed by atoms with Crippen LogP contribution in [0, 0.1) is 0 Å². The van der Waals surface area contributed by atoms with Crippen molar-refractivity contribution in [2.75, 3.05) is 5.75 Å².